The van der Waals surface area contributed by atoms with Gasteiger partial charge in [0.1, 0.15) is 23.7 Å². The van der Waals surface area contributed by atoms with Crippen molar-refractivity contribution in [3.8, 4) is 5.75 Å². The molecule has 0 bridgehead atoms. The summed E-state index contributed by atoms with van der Waals surface area (Å²) in [6.45, 7) is 10.8. The molecule has 0 N–H and O–H groups in total. The maximum atomic E-state index is 12.6. The summed E-state index contributed by atoms with van der Waals surface area (Å²) >= 11 is 0. The minimum absolute atomic E-state index is 0.162. The lowest BCUT2D eigenvalue weighted by Gasteiger charge is -2.26. The number of aromatic nitrogens is 1. The first kappa shape index (κ1) is 27.2. The van der Waals surface area contributed by atoms with Crippen molar-refractivity contribution in [2.45, 2.75) is 59.4 Å². The van der Waals surface area contributed by atoms with Crippen LogP contribution >= 0.6 is 0 Å². The molecule has 1 atom stereocenters. The number of hydrogen-bond donors (Lipinski definition) is 0. The number of benzene rings is 2. The number of carbonyl (C=O) groups excluding carboxylic acids is 1. The van der Waals surface area contributed by atoms with Crippen LogP contribution in [-0.2, 0) is 17.9 Å². The van der Waals surface area contributed by atoms with E-state index in [0.29, 0.717) is 24.0 Å². The molecule has 0 saturated carbocycles. The van der Waals surface area contributed by atoms with Crippen LogP contribution in [0.1, 0.15) is 55.6 Å². The molecule has 192 valence electrons. The highest BCUT2D eigenvalue weighted by atomic mass is 16.5. The average Bonchev–Trinajstić information content (AvgIpc) is 3.40. The van der Waals surface area contributed by atoms with Crippen LogP contribution in [0.2, 0.25) is 0 Å². The highest BCUT2D eigenvalue weighted by molar-refractivity contribution is 5.94. The Morgan fingerprint density at radius 1 is 1.06 bits per heavy atom. The number of rotatable bonds is 9. The van der Waals surface area contributed by atoms with E-state index < -0.39 is 0 Å². The Kier molecular flexibility index (Phi) is 10.3. The molecule has 0 amide bonds. The van der Waals surface area contributed by atoms with E-state index in [1.54, 1.807) is 18.3 Å². The van der Waals surface area contributed by atoms with Gasteiger partial charge in [-0.2, -0.15) is 0 Å². The van der Waals surface area contributed by atoms with E-state index in [0.717, 1.165) is 37.4 Å². The highest BCUT2D eigenvalue weighted by Gasteiger charge is 2.29. The Labute approximate surface area is 215 Å². The molecule has 4 rings (SSSR count). The van der Waals surface area contributed by atoms with Crippen LogP contribution in [-0.4, -0.2) is 48.1 Å². The number of likely N-dealkylation sites (N-methyl/N-ethyl adjacent to an activating group) is 1. The summed E-state index contributed by atoms with van der Waals surface area (Å²) in [4.78, 5) is 21.6. The van der Waals surface area contributed by atoms with Gasteiger partial charge in [0.05, 0.1) is 6.10 Å². The minimum atomic E-state index is -0.317. The molecule has 0 unspecified atom stereocenters. The van der Waals surface area contributed by atoms with E-state index in [2.05, 4.69) is 46.1 Å². The van der Waals surface area contributed by atoms with Gasteiger partial charge in [0.25, 0.3) is 0 Å². The van der Waals surface area contributed by atoms with Crippen LogP contribution in [0.5, 0.6) is 5.75 Å². The van der Waals surface area contributed by atoms with E-state index >= 15 is 0 Å². The zero-order valence-corrected chi connectivity index (χ0v) is 22.2. The second-order valence-corrected chi connectivity index (χ2v) is 9.05. The zero-order valence-electron chi connectivity index (χ0n) is 22.2. The molecular formula is C30H39N3O3. The average molecular weight is 490 g/mol. The number of hydrogen-bond acceptors (Lipinski definition) is 6. The molecule has 1 aliphatic rings. The summed E-state index contributed by atoms with van der Waals surface area (Å²) < 4.78 is 11.4. The summed E-state index contributed by atoms with van der Waals surface area (Å²) in [5.41, 5.74) is 2.90. The van der Waals surface area contributed by atoms with Crippen LogP contribution < -0.4 is 9.64 Å². The molecule has 3 aromatic rings. The fourth-order valence-corrected chi connectivity index (χ4v) is 4.27. The normalized spacial score (nSPS) is 15.0. The number of pyridine rings is 1. The molecule has 1 fully saturated rings. The first-order valence-electron chi connectivity index (χ1n) is 12.9. The Hall–Kier alpha value is -3.38. The highest BCUT2D eigenvalue weighted by Crippen LogP contribution is 2.26. The number of carbonyl (C=O) groups is 1. The lowest BCUT2D eigenvalue weighted by atomic mass is 10.1. The van der Waals surface area contributed by atoms with Crippen molar-refractivity contribution in [1.82, 2.24) is 9.88 Å². The second-order valence-electron chi connectivity index (χ2n) is 9.05. The fourth-order valence-electron chi connectivity index (χ4n) is 4.27. The van der Waals surface area contributed by atoms with E-state index in [-0.39, 0.29) is 12.1 Å². The smallest absolute Gasteiger partial charge is 0.342 e. The lowest BCUT2D eigenvalue weighted by Crippen LogP contribution is -2.34. The Morgan fingerprint density at radius 2 is 1.81 bits per heavy atom. The van der Waals surface area contributed by atoms with Crippen molar-refractivity contribution in [3.63, 3.8) is 0 Å². The van der Waals surface area contributed by atoms with Crippen molar-refractivity contribution in [2.24, 2.45) is 0 Å². The number of ether oxygens (including phenoxy) is 2. The van der Waals surface area contributed by atoms with Crippen molar-refractivity contribution in [1.29, 1.82) is 0 Å². The van der Waals surface area contributed by atoms with Crippen LogP contribution in [0, 0.1) is 0 Å². The van der Waals surface area contributed by atoms with Gasteiger partial charge >= 0.3 is 5.97 Å². The lowest BCUT2D eigenvalue weighted by molar-refractivity contribution is 0.0378. The van der Waals surface area contributed by atoms with Crippen LogP contribution in [0.4, 0.5) is 5.82 Å². The minimum Gasteiger partial charge on any atom is -0.489 e. The van der Waals surface area contributed by atoms with Gasteiger partial charge in [0, 0.05) is 31.9 Å². The van der Waals surface area contributed by atoms with Crippen molar-refractivity contribution in [3.05, 3.63) is 89.6 Å². The maximum absolute atomic E-state index is 12.6. The molecule has 0 radical (unpaired) electrons. The predicted octanol–water partition coefficient (Wildman–Crippen LogP) is 5.96. The van der Waals surface area contributed by atoms with Gasteiger partial charge in [-0.3, -0.25) is 4.90 Å². The van der Waals surface area contributed by atoms with Gasteiger partial charge in [-0.05, 0) is 62.7 Å². The molecular weight excluding hydrogens is 450 g/mol. The first-order chi connectivity index (χ1) is 17.5. The molecule has 1 aliphatic heterocycles. The molecule has 6 nitrogen and oxygen atoms in total. The standard InChI is InChI=1S/C28H33N3O3.C2H6/c1-21(2)34-28(32)26-13-8-15-29-27(26)31-16-14-24(19-31)30(3)18-23-11-7-12-25(17-23)33-20-22-9-5-4-6-10-22;1-2/h4-13,15,17,21,24H,14,16,18-20H2,1-3H3;1-2H3/t24-;/m0./s1. The summed E-state index contributed by atoms with van der Waals surface area (Å²) in [6, 6.07) is 22.4. The fraction of sp³-hybridized carbons (Fsp3) is 0.400. The zero-order chi connectivity index (χ0) is 25.9. The van der Waals surface area contributed by atoms with Crippen molar-refractivity contribution >= 4 is 11.8 Å². The number of esters is 1. The summed E-state index contributed by atoms with van der Waals surface area (Å²) in [7, 11) is 2.15. The molecule has 1 saturated heterocycles. The van der Waals surface area contributed by atoms with Crippen LogP contribution in [0.25, 0.3) is 0 Å². The number of anilines is 1. The van der Waals surface area contributed by atoms with Gasteiger partial charge in [-0.15, -0.1) is 0 Å². The molecule has 0 aliphatic carbocycles. The molecule has 2 aromatic carbocycles. The SMILES string of the molecule is CC.CC(C)OC(=O)c1cccnc1N1CC[C@H](N(C)Cc2cccc(OCc3ccccc3)c2)C1. The van der Waals surface area contributed by atoms with Crippen LogP contribution in [0.15, 0.2) is 72.9 Å². The molecule has 36 heavy (non-hydrogen) atoms. The van der Waals surface area contributed by atoms with Crippen LogP contribution in [0.3, 0.4) is 0 Å². The molecule has 1 aromatic heterocycles. The Balaban J connectivity index is 0.00000176. The molecule has 6 heteroatoms. The second kappa shape index (κ2) is 13.6. The van der Waals surface area contributed by atoms with Crippen molar-refractivity contribution in [2.75, 3.05) is 25.0 Å². The Morgan fingerprint density at radius 3 is 2.56 bits per heavy atom. The van der Waals surface area contributed by atoms with Gasteiger partial charge in [0.15, 0.2) is 0 Å². The van der Waals surface area contributed by atoms with E-state index in [4.69, 9.17) is 9.47 Å². The largest absolute Gasteiger partial charge is 0.489 e. The van der Waals surface area contributed by atoms with Gasteiger partial charge in [-0.1, -0.05) is 56.3 Å². The third-order valence-corrected chi connectivity index (χ3v) is 6.01. The topological polar surface area (TPSA) is 54.9 Å². The third kappa shape index (κ3) is 7.56. The van der Waals surface area contributed by atoms with Gasteiger partial charge in [-0.25, -0.2) is 9.78 Å². The van der Waals surface area contributed by atoms with Gasteiger partial charge < -0.3 is 14.4 Å². The summed E-state index contributed by atoms with van der Waals surface area (Å²) in [5.74, 6) is 1.27. The van der Waals surface area contributed by atoms with E-state index in [1.807, 2.05) is 58.0 Å². The summed E-state index contributed by atoms with van der Waals surface area (Å²) in [5, 5.41) is 0. The van der Waals surface area contributed by atoms with Gasteiger partial charge in [0.2, 0.25) is 0 Å². The number of nitrogens with zero attached hydrogens (tertiary/aromatic N) is 3. The first-order valence-corrected chi connectivity index (χ1v) is 12.9. The molecule has 2 heterocycles. The Bertz CT molecular complexity index is 1090. The van der Waals surface area contributed by atoms with E-state index in [1.165, 1.54) is 5.56 Å². The third-order valence-electron chi connectivity index (χ3n) is 6.01. The maximum Gasteiger partial charge on any atom is 0.342 e. The monoisotopic (exact) mass is 489 g/mol. The van der Waals surface area contributed by atoms with E-state index in [9.17, 15) is 4.79 Å². The predicted molar refractivity (Wildman–Crippen MR) is 145 cm³/mol. The quantitative estimate of drug-likeness (QED) is 0.346. The van der Waals surface area contributed by atoms with Crippen molar-refractivity contribution < 1.29 is 14.3 Å². The molecule has 0 spiro atoms. The summed E-state index contributed by atoms with van der Waals surface area (Å²) in [6.07, 6.45) is 2.58.